The molecule has 0 heterocycles. The van der Waals surface area contributed by atoms with Crippen LogP contribution < -0.4 is 16.0 Å². The summed E-state index contributed by atoms with van der Waals surface area (Å²) < 4.78 is 9.93. The SMILES string of the molecule is COC(=O)[C@@H](CC(C)C)NC(=O)[C@H](Cc1ccccc1)NC(=O)[C@@H](CO)NC(=O)OCc1ccccc1. The van der Waals surface area contributed by atoms with Crippen molar-refractivity contribution in [1.29, 1.82) is 0 Å². The molecule has 0 saturated carbocycles. The van der Waals surface area contributed by atoms with Gasteiger partial charge in [-0.05, 0) is 23.5 Å². The molecule has 0 radical (unpaired) electrons. The van der Waals surface area contributed by atoms with Gasteiger partial charge in [0.1, 0.15) is 24.7 Å². The second-order valence-corrected chi connectivity index (χ2v) is 8.91. The van der Waals surface area contributed by atoms with Crippen LogP contribution in [0.3, 0.4) is 0 Å². The number of benzene rings is 2. The number of nitrogens with one attached hydrogen (secondary N) is 3. The molecule has 2 aromatic rings. The normalized spacial score (nSPS) is 13.1. The zero-order valence-corrected chi connectivity index (χ0v) is 21.3. The standard InChI is InChI=1S/C27H35N3O7/c1-18(2)14-22(26(34)36-3)29-24(32)21(15-19-10-6-4-7-11-19)28-25(33)23(16-31)30-27(35)37-17-20-12-8-5-9-13-20/h4-13,18,21-23,31H,14-17H2,1-3H3,(H,28,33)(H,29,32)(H,30,35)/t21-,22+,23+/m0/s1. The minimum Gasteiger partial charge on any atom is -0.467 e. The molecular weight excluding hydrogens is 478 g/mol. The molecule has 37 heavy (non-hydrogen) atoms. The number of aliphatic hydroxyl groups is 1. The van der Waals surface area contributed by atoms with Crippen molar-refractivity contribution >= 4 is 23.9 Å². The zero-order valence-electron chi connectivity index (χ0n) is 21.3. The topological polar surface area (TPSA) is 143 Å². The fourth-order valence-electron chi connectivity index (χ4n) is 3.53. The lowest BCUT2D eigenvalue weighted by Crippen LogP contribution is -2.57. The molecular formula is C27H35N3O7. The summed E-state index contributed by atoms with van der Waals surface area (Å²) in [7, 11) is 1.24. The van der Waals surface area contributed by atoms with Gasteiger partial charge in [0.2, 0.25) is 11.8 Å². The van der Waals surface area contributed by atoms with Crippen LogP contribution >= 0.6 is 0 Å². The molecule has 10 heteroatoms. The van der Waals surface area contributed by atoms with E-state index in [0.717, 1.165) is 11.1 Å². The lowest BCUT2D eigenvalue weighted by atomic mass is 10.0. The summed E-state index contributed by atoms with van der Waals surface area (Å²) in [4.78, 5) is 50.5. The molecule has 2 aromatic carbocycles. The molecule has 3 atom stereocenters. The molecule has 0 unspecified atom stereocenters. The van der Waals surface area contributed by atoms with Gasteiger partial charge in [-0.15, -0.1) is 0 Å². The highest BCUT2D eigenvalue weighted by Crippen LogP contribution is 2.09. The second kappa shape index (κ2) is 15.2. The van der Waals surface area contributed by atoms with E-state index in [9.17, 15) is 24.3 Å². The summed E-state index contributed by atoms with van der Waals surface area (Å²) in [6.45, 7) is 3.07. The van der Waals surface area contributed by atoms with E-state index in [-0.39, 0.29) is 18.9 Å². The van der Waals surface area contributed by atoms with Crippen molar-refractivity contribution in [2.45, 2.75) is 51.4 Å². The van der Waals surface area contributed by atoms with Crippen molar-refractivity contribution in [2.24, 2.45) is 5.92 Å². The van der Waals surface area contributed by atoms with Crippen LogP contribution in [0.15, 0.2) is 60.7 Å². The summed E-state index contributed by atoms with van der Waals surface area (Å²) in [5.41, 5.74) is 1.51. The van der Waals surface area contributed by atoms with Gasteiger partial charge in [0.25, 0.3) is 0 Å². The van der Waals surface area contributed by atoms with Gasteiger partial charge in [-0.3, -0.25) is 9.59 Å². The monoisotopic (exact) mass is 513 g/mol. The van der Waals surface area contributed by atoms with E-state index in [2.05, 4.69) is 16.0 Å². The lowest BCUT2D eigenvalue weighted by Gasteiger charge is -2.25. The average molecular weight is 514 g/mol. The van der Waals surface area contributed by atoms with Crippen LogP contribution in [0, 0.1) is 5.92 Å². The first-order valence-corrected chi connectivity index (χ1v) is 12.0. The Labute approximate surface area is 216 Å². The summed E-state index contributed by atoms with van der Waals surface area (Å²) in [6.07, 6.45) is -0.437. The summed E-state index contributed by atoms with van der Waals surface area (Å²) in [6, 6.07) is 14.6. The maximum Gasteiger partial charge on any atom is 0.408 e. The van der Waals surface area contributed by atoms with Gasteiger partial charge in [-0.2, -0.15) is 0 Å². The summed E-state index contributed by atoms with van der Waals surface area (Å²) in [5, 5.41) is 17.3. The first-order valence-electron chi connectivity index (χ1n) is 12.0. The van der Waals surface area contributed by atoms with Crippen molar-refractivity contribution < 1.29 is 33.8 Å². The predicted octanol–water partition coefficient (Wildman–Crippen LogP) is 1.71. The van der Waals surface area contributed by atoms with E-state index >= 15 is 0 Å². The first kappa shape index (κ1) is 29.3. The van der Waals surface area contributed by atoms with E-state index in [1.54, 1.807) is 48.5 Å². The molecule has 0 aliphatic carbocycles. The van der Waals surface area contributed by atoms with E-state index in [0.29, 0.717) is 6.42 Å². The number of hydrogen-bond acceptors (Lipinski definition) is 7. The number of aliphatic hydroxyl groups excluding tert-OH is 1. The van der Waals surface area contributed by atoms with Crippen LogP contribution in [0.2, 0.25) is 0 Å². The molecule has 0 aliphatic rings. The molecule has 0 aromatic heterocycles. The number of alkyl carbamates (subject to hydrolysis) is 1. The quantitative estimate of drug-likeness (QED) is 0.299. The molecule has 0 bridgehead atoms. The minimum absolute atomic E-state index is 0.0176. The fourth-order valence-corrected chi connectivity index (χ4v) is 3.53. The maximum atomic E-state index is 13.2. The van der Waals surface area contributed by atoms with Gasteiger partial charge >= 0.3 is 12.1 Å². The lowest BCUT2D eigenvalue weighted by molar-refractivity contribution is -0.145. The largest absolute Gasteiger partial charge is 0.467 e. The molecule has 4 N–H and O–H groups in total. The average Bonchev–Trinajstić information content (AvgIpc) is 2.90. The highest BCUT2D eigenvalue weighted by Gasteiger charge is 2.30. The van der Waals surface area contributed by atoms with Crippen molar-refractivity contribution in [3.8, 4) is 0 Å². The third kappa shape index (κ3) is 10.3. The second-order valence-electron chi connectivity index (χ2n) is 8.91. The zero-order chi connectivity index (χ0) is 27.2. The third-order valence-corrected chi connectivity index (χ3v) is 5.43. The number of amides is 3. The number of esters is 1. The van der Waals surface area contributed by atoms with Crippen molar-refractivity contribution in [3.05, 3.63) is 71.8 Å². The van der Waals surface area contributed by atoms with Gasteiger partial charge in [-0.25, -0.2) is 9.59 Å². The minimum atomic E-state index is -1.36. The molecule has 3 amide bonds. The molecule has 0 spiro atoms. The van der Waals surface area contributed by atoms with Crippen LogP contribution in [0.5, 0.6) is 0 Å². The number of hydrogen-bond donors (Lipinski definition) is 4. The number of methoxy groups -OCH3 is 1. The smallest absolute Gasteiger partial charge is 0.408 e. The van der Waals surface area contributed by atoms with E-state index < -0.39 is 48.6 Å². The maximum absolute atomic E-state index is 13.2. The Bertz CT molecular complexity index is 1020. The Morgan fingerprint density at radius 1 is 0.784 bits per heavy atom. The van der Waals surface area contributed by atoms with Crippen LogP contribution in [0.1, 0.15) is 31.4 Å². The Morgan fingerprint density at radius 3 is 1.86 bits per heavy atom. The van der Waals surface area contributed by atoms with Crippen LogP contribution in [0.4, 0.5) is 4.79 Å². The van der Waals surface area contributed by atoms with E-state index in [1.807, 2.05) is 26.0 Å². The first-order chi connectivity index (χ1) is 17.7. The van der Waals surface area contributed by atoms with Gasteiger partial charge in [0.15, 0.2) is 0 Å². The van der Waals surface area contributed by atoms with Crippen LogP contribution in [-0.4, -0.2) is 60.8 Å². The highest BCUT2D eigenvalue weighted by atomic mass is 16.5. The van der Waals surface area contributed by atoms with Gasteiger partial charge < -0.3 is 30.5 Å². The Morgan fingerprint density at radius 2 is 1.32 bits per heavy atom. The highest BCUT2D eigenvalue weighted by molar-refractivity contribution is 5.93. The van der Waals surface area contributed by atoms with Crippen LogP contribution in [-0.2, 0) is 36.9 Å². The number of ether oxygens (including phenoxy) is 2. The van der Waals surface area contributed by atoms with E-state index in [1.165, 1.54) is 7.11 Å². The van der Waals surface area contributed by atoms with Crippen molar-refractivity contribution in [2.75, 3.05) is 13.7 Å². The van der Waals surface area contributed by atoms with Crippen molar-refractivity contribution in [1.82, 2.24) is 16.0 Å². The third-order valence-electron chi connectivity index (χ3n) is 5.43. The molecule has 0 fully saturated rings. The number of carbonyl (C=O) groups is 4. The summed E-state index contributed by atoms with van der Waals surface area (Å²) >= 11 is 0. The Hall–Kier alpha value is -3.92. The Kier molecular flexibility index (Phi) is 12.1. The molecule has 0 aliphatic heterocycles. The number of rotatable bonds is 13. The van der Waals surface area contributed by atoms with Crippen molar-refractivity contribution in [3.63, 3.8) is 0 Å². The van der Waals surface area contributed by atoms with Gasteiger partial charge in [-0.1, -0.05) is 74.5 Å². The molecule has 2 rings (SSSR count). The molecule has 200 valence electrons. The predicted molar refractivity (Wildman–Crippen MR) is 136 cm³/mol. The Balaban J connectivity index is 2.09. The molecule has 10 nitrogen and oxygen atoms in total. The van der Waals surface area contributed by atoms with Gasteiger partial charge in [0.05, 0.1) is 13.7 Å². The fraction of sp³-hybridized carbons (Fsp3) is 0.407. The van der Waals surface area contributed by atoms with Crippen LogP contribution in [0.25, 0.3) is 0 Å². The molecule has 0 saturated heterocycles. The van der Waals surface area contributed by atoms with Gasteiger partial charge in [0, 0.05) is 6.42 Å². The summed E-state index contributed by atoms with van der Waals surface area (Å²) in [5.74, 6) is -1.88. The number of carbonyl (C=O) groups excluding carboxylic acids is 4. The van der Waals surface area contributed by atoms with E-state index in [4.69, 9.17) is 9.47 Å².